The molecule has 8 heteroatoms. The number of carbonyl (C=O) groups excluding carboxylic acids is 1. The predicted molar refractivity (Wildman–Crippen MR) is 72.4 cm³/mol. The average molecular weight is 287 g/mol. The van der Waals surface area contributed by atoms with E-state index in [4.69, 9.17) is 4.74 Å². The zero-order valence-corrected chi connectivity index (χ0v) is 11.4. The Morgan fingerprint density at radius 1 is 1.38 bits per heavy atom. The van der Waals surface area contributed by atoms with Crippen LogP contribution in [0.1, 0.15) is 18.5 Å². The highest BCUT2D eigenvalue weighted by Gasteiger charge is 2.34. The van der Waals surface area contributed by atoms with Crippen LogP contribution in [0.4, 0.5) is 5.95 Å². The lowest BCUT2D eigenvalue weighted by Crippen LogP contribution is -2.29. The lowest BCUT2D eigenvalue weighted by molar-refractivity contribution is -0.136. The van der Waals surface area contributed by atoms with Crippen LogP contribution >= 0.6 is 0 Å². The number of nitrogens with one attached hydrogen (secondary N) is 1. The summed E-state index contributed by atoms with van der Waals surface area (Å²) in [7, 11) is 1.33. The van der Waals surface area contributed by atoms with E-state index in [1.165, 1.54) is 11.8 Å². The molecule has 1 aliphatic rings. The Kier molecular flexibility index (Phi) is 3.05. The van der Waals surface area contributed by atoms with E-state index in [0.717, 1.165) is 5.56 Å². The lowest BCUT2D eigenvalue weighted by atomic mass is 9.96. The number of tetrazole rings is 1. The first-order valence-corrected chi connectivity index (χ1v) is 6.24. The molecule has 1 aromatic carbocycles. The molecule has 0 bridgehead atoms. The molecule has 0 radical (unpaired) electrons. The summed E-state index contributed by atoms with van der Waals surface area (Å²) in [5.41, 5.74) is 1.81. The number of methoxy groups -OCH3 is 1. The van der Waals surface area contributed by atoms with Crippen molar-refractivity contribution in [3.8, 4) is 5.75 Å². The third kappa shape index (κ3) is 2.10. The monoisotopic (exact) mass is 287 g/mol. The van der Waals surface area contributed by atoms with Gasteiger partial charge < -0.3 is 15.2 Å². The van der Waals surface area contributed by atoms with Gasteiger partial charge in [-0.3, -0.25) is 0 Å². The maximum Gasteiger partial charge on any atom is 0.338 e. The van der Waals surface area contributed by atoms with Crippen LogP contribution in [0.3, 0.4) is 0 Å². The van der Waals surface area contributed by atoms with E-state index < -0.39 is 12.0 Å². The van der Waals surface area contributed by atoms with Gasteiger partial charge in [0.05, 0.1) is 12.7 Å². The van der Waals surface area contributed by atoms with E-state index in [0.29, 0.717) is 17.2 Å². The van der Waals surface area contributed by atoms with E-state index in [2.05, 4.69) is 20.8 Å². The quantitative estimate of drug-likeness (QED) is 0.789. The number of anilines is 1. The van der Waals surface area contributed by atoms with E-state index in [9.17, 15) is 9.90 Å². The molecular formula is C13H13N5O3. The normalized spacial score (nSPS) is 17.1. The number of benzene rings is 1. The minimum Gasteiger partial charge on any atom is -0.508 e. The molecule has 1 aliphatic heterocycles. The van der Waals surface area contributed by atoms with Crippen LogP contribution < -0.4 is 5.32 Å². The number of rotatable bonds is 2. The summed E-state index contributed by atoms with van der Waals surface area (Å²) >= 11 is 0. The van der Waals surface area contributed by atoms with Gasteiger partial charge in [-0.1, -0.05) is 17.2 Å². The van der Waals surface area contributed by atoms with Crippen molar-refractivity contribution in [1.29, 1.82) is 0 Å². The Morgan fingerprint density at radius 2 is 2.10 bits per heavy atom. The van der Waals surface area contributed by atoms with Crippen LogP contribution in [0, 0.1) is 0 Å². The molecule has 0 saturated heterocycles. The van der Waals surface area contributed by atoms with Gasteiger partial charge in [0.1, 0.15) is 11.8 Å². The number of carbonyl (C=O) groups is 1. The Morgan fingerprint density at radius 3 is 2.76 bits per heavy atom. The van der Waals surface area contributed by atoms with Gasteiger partial charge in [-0.25, -0.2) is 4.79 Å². The van der Waals surface area contributed by atoms with Crippen molar-refractivity contribution in [3.63, 3.8) is 0 Å². The minimum absolute atomic E-state index is 0.143. The van der Waals surface area contributed by atoms with Crippen LogP contribution in [0.25, 0.3) is 0 Å². The standard InChI is InChI=1S/C13H13N5O3/c1-7-10(12(20)21-2)11(8-3-5-9(19)6-4-8)18-13(14-7)15-16-17-18/h3-6,11,19H,1-2H3,(H,14,15,17). The second kappa shape index (κ2) is 4.89. The highest BCUT2D eigenvalue weighted by Crippen LogP contribution is 2.35. The van der Waals surface area contributed by atoms with E-state index in [1.807, 2.05) is 0 Å². The van der Waals surface area contributed by atoms with Crippen molar-refractivity contribution in [3.05, 3.63) is 41.1 Å². The molecule has 1 unspecified atom stereocenters. The van der Waals surface area contributed by atoms with E-state index in [-0.39, 0.29) is 5.75 Å². The Hall–Kier alpha value is -2.90. The van der Waals surface area contributed by atoms with Gasteiger partial charge in [-0.2, -0.15) is 4.68 Å². The third-order valence-electron chi connectivity index (χ3n) is 3.33. The van der Waals surface area contributed by atoms with E-state index >= 15 is 0 Å². The minimum atomic E-state index is -0.510. The van der Waals surface area contributed by atoms with Gasteiger partial charge in [-0.05, 0) is 35.0 Å². The second-order valence-corrected chi connectivity index (χ2v) is 4.60. The topological polar surface area (TPSA) is 102 Å². The number of aromatic hydroxyl groups is 1. The van der Waals surface area contributed by atoms with E-state index in [1.54, 1.807) is 31.2 Å². The zero-order valence-electron chi connectivity index (χ0n) is 11.4. The number of ether oxygens (including phenoxy) is 1. The number of esters is 1. The highest BCUT2D eigenvalue weighted by atomic mass is 16.5. The molecular weight excluding hydrogens is 274 g/mol. The van der Waals surface area contributed by atoms with Crippen molar-refractivity contribution in [2.45, 2.75) is 13.0 Å². The number of hydrogen-bond donors (Lipinski definition) is 2. The molecule has 1 atom stereocenters. The van der Waals surface area contributed by atoms with Gasteiger partial charge in [0.15, 0.2) is 0 Å². The van der Waals surface area contributed by atoms with Crippen LogP contribution in [-0.2, 0) is 9.53 Å². The molecule has 8 nitrogen and oxygen atoms in total. The predicted octanol–water partition coefficient (Wildman–Crippen LogP) is 0.841. The number of nitrogens with zero attached hydrogens (tertiary/aromatic N) is 4. The summed E-state index contributed by atoms with van der Waals surface area (Å²) in [5, 5.41) is 23.8. The number of fused-ring (bicyclic) bond motifs is 1. The Labute approximate surface area is 120 Å². The van der Waals surface area contributed by atoms with Crippen LogP contribution in [0.2, 0.25) is 0 Å². The number of phenolic OH excluding ortho intramolecular Hbond substituents is 1. The van der Waals surface area contributed by atoms with Crippen molar-refractivity contribution in [1.82, 2.24) is 20.2 Å². The first kappa shape index (κ1) is 13.1. The molecule has 21 heavy (non-hydrogen) atoms. The van der Waals surface area contributed by atoms with Gasteiger partial charge in [-0.15, -0.1) is 0 Å². The lowest BCUT2D eigenvalue weighted by Gasteiger charge is -2.27. The number of phenols is 1. The summed E-state index contributed by atoms with van der Waals surface area (Å²) in [6.45, 7) is 1.76. The molecule has 3 rings (SSSR count). The molecule has 2 aromatic rings. The molecule has 0 amide bonds. The molecule has 0 spiro atoms. The summed E-state index contributed by atoms with van der Waals surface area (Å²) in [6.07, 6.45) is 0. The molecule has 1 aromatic heterocycles. The Bertz CT molecular complexity index is 720. The van der Waals surface area contributed by atoms with Crippen molar-refractivity contribution in [2.75, 3.05) is 12.4 Å². The van der Waals surface area contributed by atoms with Crippen molar-refractivity contribution >= 4 is 11.9 Å². The van der Waals surface area contributed by atoms with Crippen LogP contribution in [0.15, 0.2) is 35.5 Å². The summed E-state index contributed by atoms with van der Waals surface area (Å²) in [6, 6.07) is 6.02. The summed E-state index contributed by atoms with van der Waals surface area (Å²) < 4.78 is 6.36. The van der Waals surface area contributed by atoms with Gasteiger partial charge in [0.2, 0.25) is 5.95 Å². The number of allylic oxidation sites excluding steroid dienone is 1. The molecule has 2 heterocycles. The highest BCUT2D eigenvalue weighted by molar-refractivity contribution is 5.92. The molecule has 0 fully saturated rings. The first-order chi connectivity index (χ1) is 10.1. The third-order valence-corrected chi connectivity index (χ3v) is 3.33. The number of hydrogen-bond acceptors (Lipinski definition) is 7. The zero-order chi connectivity index (χ0) is 15.0. The second-order valence-electron chi connectivity index (χ2n) is 4.60. The Balaban J connectivity index is 2.17. The maximum absolute atomic E-state index is 12.1. The fourth-order valence-corrected chi connectivity index (χ4v) is 2.35. The van der Waals surface area contributed by atoms with Crippen molar-refractivity contribution < 1.29 is 14.6 Å². The maximum atomic E-state index is 12.1. The fourth-order valence-electron chi connectivity index (χ4n) is 2.35. The number of aromatic nitrogens is 4. The smallest absolute Gasteiger partial charge is 0.338 e. The van der Waals surface area contributed by atoms with Gasteiger partial charge >= 0.3 is 5.97 Å². The van der Waals surface area contributed by atoms with Crippen LogP contribution in [0.5, 0.6) is 5.75 Å². The first-order valence-electron chi connectivity index (χ1n) is 6.24. The average Bonchev–Trinajstić information content (AvgIpc) is 2.94. The molecule has 0 saturated carbocycles. The summed E-state index contributed by atoms with van der Waals surface area (Å²) in [4.78, 5) is 12.1. The molecule has 108 valence electrons. The SMILES string of the molecule is COC(=O)C1=C(C)Nc2nnnn2C1c1ccc(O)cc1. The van der Waals surface area contributed by atoms with Crippen molar-refractivity contribution in [2.24, 2.45) is 0 Å². The van der Waals surface area contributed by atoms with Gasteiger partial charge in [0.25, 0.3) is 0 Å². The summed E-state index contributed by atoms with van der Waals surface area (Å²) in [5.74, 6) is 0.127. The van der Waals surface area contributed by atoms with Gasteiger partial charge in [0, 0.05) is 5.70 Å². The molecule has 2 N–H and O–H groups in total. The fraction of sp³-hybridized carbons (Fsp3) is 0.231. The molecule has 0 aliphatic carbocycles. The largest absolute Gasteiger partial charge is 0.508 e. The van der Waals surface area contributed by atoms with Crippen LogP contribution in [-0.4, -0.2) is 38.4 Å².